The van der Waals surface area contributed by atoms with E-state index in [0.717, 1.165) is 24.9 Å². The summed E-state index contributed by atoms with van der Waals surface area (Å²) in [6, 6.07) is 16.5. The topological polar surface area (TPSA) is 72.0 Å². The number of hydrogen-bond donors (Lipinski definition) is 2. The van der Waals surface area contributed by atoms with E-state index in [1.54, 1.807) is 24.4 Å². The highest BCUT2D eigenvalue weighted by Gasteiger charge is 2.13. The summed E-state index contributed by atoms with van der Waals surface area (Å²) in [5.74, 6) is 0.913. The molecule has 0 aliphatic carbocycles. The van der Waals surface area contributed by atoms with E-state index < -0.39 is 0 Å². The van der Waals surface area contributed by atoms with E-state index in [0.29, 0.717) is 28.2 Å². The highest BCUT2D eigenvalue weighted by Crippen LogP contribution is 2.35. The Morgan fingerprint density at radius 2 is 1.88 bits per heavy atom. The zero-order chi connectivity index (χ0) is 24.5. The van der Waals surface area contributed by atoms with E-state index >= 15 is 0 Å². The predicted octanol–water partition coefficient (Wildman–Crippen LogP) is 6.90. The van der Waals surface area contributed by atoms with Crippen LogP contribution < -0.4 is 20.2 Å². The van der Waals surface area contributed by atoms with E-state index in [1.807, 2.05) is 43.3 Å². The summed E-state index contributed by atoms with van der Waals surface area (Å²) in [7, 11) is 0. The lowest BCUT2D eigenvalue weighted by Gasteiger charge is -2.15. The van der Waals surface area contributed by atoms with Crippen molar-refractivity contribution >= 4 is 79.5 Å². The van der Waals surface area contributed by atoms with Gasteiger partial charge >= 0.3 is 0 Å². The van der Waals surface area contributed by atoms with Crippen LogP contribution in [0.5, 0.6) is 11.5 Å². The average molecular weight is 677 g/mol. The van der Waals surface area contributed by atoms with Crippen LogP contribution in [0.25, 0.3) is 0 Å². The van der Waals surface area contributed by atoms with Gasteiger partial charge in [-0.2, -0.15) is 5.10 Å². The smallest absolute Gasteiger partial charge is 0.259 e. The fourth-order valence-corrected chi connectivity index (χ4v) is 4.33. The molecule has 0 unspecified atom stereocenters. The Bertz CT molecular complexity index is 1180. The Kier molecular flexibility index (Phi) is 10.3. The second-order valence-corrected chi connectivity index (χ2v) is 9.86. The summed E-state index contributed by atoms with van der Waals surface area (Å²) in [6.07, 6.45) is 1.56. The molecule has 0 saturated heterocycles. The number of carbonyl (C=O) groups is 1. The number of anilines is 1. The van der Waals surface area contributed by atoms with Crippen molar-refractivity contribution in [2.75, 3.05) is 18.5 Å². The van der Waals surface area contributed by atoms with Crippen molar-refractivity contribution in [3.8, 4) is 11.5 Å². The normalized spacial score (nSPS) is 10.9. The standard InChI is InChI=1S/C24H21BrCl2IN3O3/c1-2-33-22-10-15(12-30-31-23(32)13-29-19-7-4-17(25)5-8-19)9-21(28)24(22)34-14-16-3-6-18(26)11-20(16)27/h3-12,29H,2,13-14H2,1H3,(H,31,32)/b30-12-. The highest BCUT2D eigenvalue weighted by molar-refractivity contribution is 14.1. The van der Waals surface area contributed by atoms with E-state index in [4.69, 9.17) is 32.7 Å². The van der Waals surface area contributed by atoms with E-state index in [-0.39, 0.29) is 19.1 Å². The van der Waals surface area contributed by atoms with Gasteiger partial charge in [0.2, 0.25) is 0 Å². The van der Waals surface area contributed by atoms with Crippen LogP contribution in [-0.2, 0) is 11.4 Å². The lowest BCUT2D eigenvalue weighted by atomic mass is 10.2. The summed E-state index contributed by atoms with van der Waals surface area (Å²) in [4.78, 5) is 12.1. The number of halogens is 4. The molecular formula is C24H21BrCl2IN3O3. The molecule has 0 saturated carbocycles. The zero-order valence-corrected chi connectivity index (χ0v) is 23.3. The van der Waals surface area contributed by atoms with Gasteiger partial charge < -0.3 is 14.8 Å². The van der Waals surface area contributed by atoms with Crippen molar-refractivity contribution in [2.24, 2.45) is 5.10 Å². The van der Waals surface area contributed by atoms with Crippen LogP contribution in [0, 0.1) is 3.57 Å². The van der Waals surface area contributed by atoms with Gasteiger partial charge in [-0.15, -0.1) is 0 Å². The van der Waals surface area contributed by atoms with E-state index in [9.17, 15) is 4.79 Å². The van der Waals surface area contributed by atoms with Gasteiger partial charge in [-0.3, -0.25) is 4.79 Å². The molecule has 0 bridgehead atoms. The first-order valence-corrected chi connectivity index (χ1v) is 12.8. The molecule has 178 valence electrons. The van der Waals surface area contributed by atoms with Gasteiger partial charge in [0, 0.05) is 25.8 Å². The lowest BCUT2D eigenvalue weighted by Crippen LogP contribution is -2.25. The molecule has 1 amide bonds. The average Bonchev–Trinajstić information content (AvgIpc) is 2.79. The third-order valence-electron chi connectivity index (χ3n) is 4.42. The lowest BCUT2D eigenvalue weighted by molar-refractivity contribution is -0.119. The minimum Gasteiger partial charge on any atom is -0.490 e. The van der Waals surface area contributed by atoms with Crippen LogP contribution in [0.3, 0.4) is 0 Å². The molecule has 0 heterocycles. The van der Waals surface area contributed by atoms with Gasteiger partial charge in [0.15, 0.2) is 11.5 Å². The number of rotatable bonds is 10. The molecule has 0 aromatic heterocycles. The number of nitrogens with one attached hydrogen (secondary N) is 2. The number of carbonyl (C=O) groups excluding carboxylic acids is 1. The van der Waals surface area contributed by atoms with Gasteiger partial charge in [0.05, 0.1) is 22.9 Å². The summed E-state index contributed by atoms with van der Waals surface area (Å²) >= 11 is 17.8. The largest absolute Gasteiger partial charge is 0.490 e. The molecular weight excluding hydrogens is 656 g/mol. The summed E-state index contributed by atoms with van der Waals surface area (Å²) in [5, 5.41) is 8.19. The number of nitrogens with zero attached hydrogens (tertiary/aromatic N) is 1. The van der Waals surface area contributed by atoms with Crippen LogP contribution in [0.15, 0.2) is 64.2 Å². The Hall–Kier alpha value is -2.01. The zero-order valence-electron chi connectivity index (χ0n) is 18.1. The van der Waals surface area contributed by atoms with Crippen LogP contribution >= 0.6 is 61.7 Å². The molecule has 3 aromatic rings. The maximum atomic E-state index is 12.1. The molecule has 3 aromatic carbocycles. The minimum atomic E-state index is -0.265. The first-order valence-electron chi connectivity index (χ1n) is 10.2. The number of hydrogen-bond acceptors (Lipinski definition) is 5. The number of amides is 1. The molecule has 0 aliphatic heterocycles. The molecule has 10 heteroatoms. The number of hydrazone groups is 1. The fraction of sp³-hybridized carbons (Fsp3) is 0.167. The maximum absolute atomic E-state index is 12.1. The SMILES string of the molecule is CCOc1cc(/C=N\NC(=O)CNc2ccc(Br)cc2)cc(I)c1OCc1ccc(Cl)cc1Cl. The number of ether oxygens (including phenoxy) is 2. The fourth-order valence-electron chi connectivity index (χ4n) is 2.82. The minimum absolute atomic E-state index is 0.0980. The van der Waals surface area contributed by atoms with Crippen molar-refractivity contribution in [3.05, 3.63) is 83.8 Å². The summed E-state index contributed by atoms with van der Waals surface area (Å²) < 4.78 is 13.6. The third kappa shape index (κ3) is 8.04. The van der Waals surface area contributed by atoms with Gasteiger partial charge in [-0.1, -0.05) is 45.2 Å². The van der Waals surface area contributed by atoms with Gasteiger partial charge in [0.25, 0.3) is 5.91 Å². The summed E-state index contributed by atoms with van der Waals surface area (Å²) in [6.45, 7) is 2.72. The van der Waals surface area contributed by atoms with Crippen molar-refractivity contribution in [1.29, 1.82) is 0 Å². The van der Waals surface area contributed by atoms with Gasteiger partial charge in [0.1, 0.15) is 6.61 Å². The predicted molar refractivity (Wildman–Crippen MR) is 149 cm³/mol. The second-order valence-electron chi connectivity index (χ2n) is 6.94. The molecule has 3 rings (SSSR count). The third-order valence-corrected chi connectivity index (χ3v) is 6.34. The van der Waals surface area contributed by atoms with E-state index in [2.05, 4.69) is 54.4 Å². The van der Waals surface area contributed by atoms with Gasteiger partial charge in [-0.05, 0) is 83.6 Å². The molecule has 0 spiro atoms. The molecule has 2 N–H and O–H groups in total. The van der Waals surface area contributed by atoms with Crippen LogP contribution in [0.2, 0.25) is 10.0 Å². The van der Waals surface area contributed by atoms with Crippen molar-refractivity contribution in [2.45, 2.75) is 13.5 Å². The molecule has 34 heavy (non-hydrogen) atoms. The Morgan fingerprint density at radius 3 is 2.59 bits per heavy atom. The monoisotopic (exact) mass is 675 g/mol. The molecule has 0 fully saturated rings. The van der Waals surface area contributed by atoms with Gasteiger partial charge in [-0.25, -0.2) is 5.43 Å². The number of benzene rings is 3. The van der Waals surface area contributed by atoms with Crippen LogP contribution in [-0.4, -0.2) is 25.3 Å². The molecule has 0 atom stereocenters. The molecule has 0 radical (unpaired) electrons. The van der Waals surface area contributed by atoms with Crippen LogP contribution in [0.4, 0.5) is 5.69 Å². The quantitative estimate of drug-likeness (QED) is 0.139. The second kappa shape index (κ2) is 13.2. The molecule has 6 nitrogen and oxygen atoms in total. The van der Waals surface area contributed by atoms with Crippen molar-refractivity contribution in [3.63, 3.8) is 0 Å². The first-order chi connectivity index (χ1) is 16.4. The Labute approximate surface area is 230 Å². The molecule has 0 aliphatic rings. The van der Waals surface area contributed by atoms with Crippen LogP contribution in [0.1, 0.15) is 18.1 Å². The summed E-state index contributed by atoms with van der Waals surface area (Å²) in [5.41, 5.74) is 4.93. The Balaban J connectivity index is 1.62. The van der Waals surface area contributed by atoms with Crippen molar-refractivity contribution in [1.82, 2.24) is 5.43 Å². The van der Waals surface area contributed by atoms with E-state index in [1.165, 1.54) is 0 Å². The van der Waals surface area contributed by atoms with Crippen molar-refractivity contribution < 1.29 is 14.3 Å². The highest BCUT2D eigenvalue weighted by atomic mass is 127. The first kappa shape index (κ1) is 26.6. The maximum Gasteiger partial charge on any atom is 0.259 e. The Morgan fingerprint density at radius 1 is 1.12 bits per heavy atom.